The Balaban J connectivity index is 1.15. The van der Waals surface area contributed by atoms with Gasteiger partial charge in [-0.3, -0.25) is 0 Å². The number of nitrogens with one attached hydrogen (secondary N) is 2. The summed E-state index contributed by atoms with van der Waals surface area (Å²) in [5, 5.41) is 15.3. The number of methoxy groups -OCH3 is 1. The minimum absolute atomic E-state index is 0.00716. The van der Waals surface area contributed by atoms with Crippen LogP contribution in [0, 0.1) is 5.92 Å². The Labute approximate surface area is 309 Å². The maximum Gasteiger partial charge on any atom is 0.328 e. The van der Waals surface area contributed by atoms with E-state index >= 15 is 0 Å². The third kappa shape index (κ3) is 9.48. The van der Waals surface area contributed by atoms with Gasteiger partial charge in [0.05, 0.1) is 25.9 Å². The van der Waals surface area contributed by atoms with Crippen LogP contribution in [-0.4, -0.2) is 42.1 Å². The molecule has 3 N–H and O–H groups in total. The van der Waals surface area contributed by atoms with Crippen molar-refractivity contribution in [3.63, 3.8) is 0 Å². The smallest absolute Gasteiger partial charge is 0.328 e. The van der Waals surface area contributed by atoms with E-state index in [9.17, 15) is 14.7 Å². The van der Waals surface area contributed by atoms with Crippen LogP contribution in [-0.2, 0) is 38.6 Å². The van der Waals surface area contributed by atoms with Crippen molar-refractivity contribution in [1.29, 1.82) is 0 Å². The summed E-state index contributed by atoms with van der Waals surface area (Å²) in [7, 11) is 1.31. The zero-order valence-corrected chi connectivity index (χ0v) is 30.1. The van der Waals surface area contributed by atoms with E-state index in [2.05, 4.69) is 29.7 Å². The molecular formula is C43H44N2O6S. The standard InChI is InChI=1S/C43H44N2O6S/c1-29-39(28-52-36-14-7-4-8-15-36)50-42(51-40(29)33-19-17-31(27-46)18-20-33)34-23-21-32(22-24-34)37-16-10-9-13-35(37)26-44-43(48)45-38(41(47)49-2)25-30-11-5-3-6-12-30/h3-24,29,38-40,42,46H,25-28H2,1-2H3,(H2,44,45,48)/t29-,38+,39+,40+,42+/m1/s1. The van der Waals surface area contributed by atoms with Gasteiger partial charge in [-0.1, -0.05) is 128 Å². The quantitative estimate of drug-likeness (QED) is 0.0838. The van der Waals surface area contributed by atoms with Crippen LogP contribution in [0.3, 0.4) is 0 Å². The zero-order valence-electron chi connectivity index (χ0n) is 29.3. The first-order valence-electron chi connectivity index (χ1n) is 17.4. The summed E-state index contributed by atoms with van der Waals surface area (Å²) >= 11 is 1.77. The minimum Gasteiger partial charge on any atom is -0.467 e. The van der Waals surface area contributed by atoms with Crippen LogP contribution >= 0.6 is 11.8 Å². The summed E-state index contributed by atoms with van der Waals surface area (Å²) in [6.45, 7) is 2.42. The number of hydrogen-bond donors (Lipinski definition) is 3. The molecule has 0 aromatic heterocycles. The van der Waals surface area contributed by atoms with Gasteiger partial charge in [0.25, 0.3) is 0 Å². The molecule has 2 amide bonds. The largest absolute Gasteiger partial charge is 0.467 e. The fraction of sp³-hybridized carbons (Fsp3) is 0.256. The fourth-order valence-electron chi connectivity index (χ4n) is 6.35. The van der Waals surface area contributed by atoms with Crippen LogP contribution in [0.2, 0.25) is 0 Å². The van der Waals surface area contributed by atoms with Crippen LogP contribution in [0.4, 0.5) is 4.79 Å². The summed E-state index contributed by atoms with van der Waals surface area (Å²) in [6, 6.07) is 42.6. The molecule has 0 bridgehead atoms. The number of rotatable bonds is 13. The lowest BCUT2D eigenvalue weighted by Gasteiger charge is -2.41. The molecule has 0 spiro atoms. The van der Waals surface area contributed by atoms with Crippen molar-refractivity contribution in [2.24, 2.45) is 5.92 Å². The molecule has 0 unspecified atom stereocenters. The lowest BCUT2D eigenvalue weighted by Crippen LogP contribution is -2.47. The Hall–Kier alpha value is -4.93. The van der Waals surface area contributed by atoms with Gasteiger partial charge in [0.2, 0.25) is 0 Å². The molecule has 1 aliphatic heterocycles. The molecule has 5 aromatic rings. The lowest BCUT2D eigenvalue weighted by atomic mass is 9.91. The van der Waals surface area contributed by atoms with Crippen molar-refractivity contribution in [2.75, 3.05) is 12.9 Å². The summed E-state index contributed by atoms with van der Waals surface area (Å²) in [4.78, 5) is 26.6. The van der Waals surface area contributed by atoms with Crippen molar-refractivity contribution in [3.05, 3.63) is 161 Å². The third-order valence-corrected chi connectivity index (χ3v) is 10.4. The van der Waals surface area contributed by atoms with Crippen LogP contribution in [0.1, 0.15) is 47.1 Å². The molecule has 0 radical (unpaired) electrons. The highest BCUT2D eigenvalue weighted by molar-refractivity contribution is 7.99. The van der Waals surface area contributed by atoms with Crippen molar-refractivity contribution < 1.29 is 28.9 Å². The topological polar surface area (TPSA) is 106 Å². The SMILES string of the molecule is COC(=O)[C@H](Cc1ccccc1)NC(=O)NCc1ccccc1-c1ccc([C@H]2O[C@@H](CSc3ccccc3)[C@@H](C)[C@@H](c3ccc(CO)cc3)O2)cc1. The molecular weight excluding hydrogens is 673 g/mol. The van der Waals surface area contributed by atoms with E-state index in [1.54, 1.807) is 11.8 Å². The third-order valence-electron chi connectivity index (χ3n) is 9.31. The van der Waals surface area contributed by atoms with Crippen molar-refractivity contribution in [2.45, 2.75) is 55.9 Å². The highest BCUT2D eigenvalue weighted by Gasteiger charge is 2.38. The van der Waals surface area contributed by atoms with Gasteiger partial charge >= 0.3 is 12.0 Å². The molecule has 5 aromatic carbocycles. The Morgan fingerprint density at radius 3 is 2.13 bits per heavy atom. The number of aliphatic hydroxyl groups is 1. The molecule has 268 valence electrons. The van der Waals surface area contributed by atoms with Crippen LogP contribution in [0.5, 0.6) is 0 Å². The number of thioether (sulfide) groups is 1. The highest BCUT2D eigenvalue weighted by atomic mass is 32.2. The first kappa shape index (κ1) is 36.8. The Morgan fingerprint density at radius 2 is 1.44 bits per heavy atom. The number of urea groups is 1. The summed E-state index contributed by atoms with van der Waals surface area (Å²) in [5.74, 6) is 0.353. The maximum atomic E-state index is 13.0. The maximum absolute atomic E-state index is 13.0. The van der Waals surface area contributed by atoms with Crippen LogP contribution < -0.4 is 10.6 Å². The summed E-state index contributed by atoms with van der Waals surface area (Å²) < 4.78 is 18.3. The fourth-order valence-corrected chi connectivity index (χ4v) is 7.44. The molecule has 1 fully saturated rings. The van der Waals surface area contributed by atoms with E-state index in [4.69, 9.17) is 14.2 Å². The Kier molecular flexibility index (Phi) is 12.8. The second-order valence-corrected chi connectivity index (χ2v) is 13.9. The van der Waals surface area contributed by atoms with E-state index in [-0.39, 0.29) is 31.3 Å². The normalized spacial score (nSPS) is 19.0. The van der Waals surface area contributed by atoms with Gasteiger partial charge in [-0.2, -0.15) is 0 Å². The predicted molar refractivity (Wildman–Crippen MR) is 203 cm³/mol. The number of amides is 2. The molecule has 5 atom stereocenters. The van der Waals surface area contributed by atoms with E-state index in [1.165, 1.54) is 12.0 Å². The number of esters is 1. The predicted octanol–water partition coefficient (Wildman–Crippen LogP) is 8.01. The van der Waals surface area contributed by atoms with Crippen LogP contribution in [0.15, 0.2) is 138 Å². The molecule has 0 saturated carbocycles. The molecule has 1 heterocycles. The summed E-state index contributed by atoms with van der Waals surface area (Å²) in [5.41, 5.74) is 6.61. The van der Waals surface area contributed by atoms with Gasteiger partial charge in [0, 0.05) is 35.1 Å². The number of benzene rings is 5. The van der Waals surface area contributed by atoms with E-state index in [1.807, 2.05) is 121 Å². The van der Waals surface area contributed by atoms with Gasteiger partial charge in [0.15, 0.2) is 6.29 Å². The summed E-state index contributed by atoms with van der Waals surface area (Å²) in [6.07, 6.45) is -0.526. The first-order chi connectivity index (χ1) is 25.4. The monoisotopic (exact) mass is 716 g/mol. The van der Waals surface area contributed by atoms with Gasteiger partial charge in [-0.15, -0.1) is 11.8 Å². The minimum atomic E-state index is -0.821. The van der Waals surface area contributed by atoms with Crippen molar-refractivity contribution in [3.8, 4) is 11.1 Å². The number of hydrogen-bond acceptors (Lipinski definition) is 7. The van der Waals surface area contributed by atoms with Gasteiger partial charge in [-0.25, -0.2) is 9.59 Å². The van der Waals surface area contributed by atoms with Crippen LogP contribution in [0.25, 0.3) is 11.1 Å². The number of carbonyl (C=O) groups excluding carboxylic acids is 2. The molecule has 1 aliphatic rings. The Morgan fingerprint density at radius 1 is 0.788 bits per heavy atom. The van der Waals surface area contributed by atoms with Crippen molar-refractivity contribution >= 4 is 23.8 Å². The molecule has 52 heavy (non-hydrogen) atoms. The molecule has 6 rings (SSSR count). The van der Waals surface area contributed by atoms with Gasteiger partial charge < -0.3 is 30.0 Å². The van der Waals surface area contributed by atoms with Gasteiger partial charge in [-0.05, 0) is 45.5 Å². The molecule has 9 heteroatoms. The molecule has 8 nitrogen and oxygen atoms in total. The number of ether oxygens (including phenoxy) is 3. The number of aliphatic hydroxyl groups excluding tert-OH is 1. The second-order valence-electron chi connectivity index (χ2n) is 12.8. The van der Waals surface area contributed by atoms with E-state index in [0.29, 0.717) is 6.42 Å². The van der Waals surface area contributed by atoms with E-state index in [0.717, 1.165) is 44.7 Å². The number of carbonyl (C=O) groups is 2. The van der Waals surface area contributed by atoms with E-state index < -0.39 is 24.3 Å². The second kappa shape index (κ2) is 18.0. The van der Waals surface area contributed by atoms with Crippen molar-refractivity contribution in [1.82, 2.24) is 10.6 Å². The highest BCUT2D eigenvalue weighted by Crippen LogP contribution is 2.43. The molecule has 1 saturated heterocycles. The average Bonchev–Trinajstić information content (AvgIpc) is 3.20. The lowest BCUT2D eigenvalue weighted by molar-refractivity contribution is -0.268. The van der Waals surface area contributed by atoms with Gasteiger partial charge in [0.1, 0.15) is 6.04 Å². The Bertz CT molecular complexity index is 1890. The average molecular weight is 717 g/mol. The zero-order chi connectivity index (χ0) is 36.3. The molecule has 0 aliphatic carbocycles. The first-order valence-corrected chi connectivity index (χ1v) is 18.4.